The Kier molecular flexibility index (Phi) is 4.04. The minimum Gasteiger partial charge on any atom is -0.395 e. The molecule has 0 aliphatic heterocycles. The van der Waals surface area contributed by atoms with Crippen LogP contribution in [0.15, 0.2) is 12.1 Å². The van der Waals surface area contributed by atoms with Gasteiger partial charge in [-0.05, 0) is 24.8 Å². The second-order valence-electron chi connectivity index (χ2n) is 5.13. The zero-order chi connectivity index (χ0) is 13.1. The summed E-state index contributed by atoms with van der Waals surface area (Å²) >= 11 is 0. The topological polar surface area (TPSA) is 38.0 Å². The second kappa shape index (κ2) is 5.55. The monoisotopic (exact) mass is 254 g/mol. The fourth-order valence-electron chi connectivity index (χ4n) is 2.72. The molecule has 100 valence electrons. The van der Waals surface area contributed by atoms with Crippen molar-refractivity contribution in [1.29, 1.82) is 0 Å². The van der Waals surface area contributed by atoms with Crippen molar-refractivity contribution in [2.24, 2.45) is 5.92 Å². The van der Waals surface area contributed by atoms with Crippen LogP contribution in [0.25, 0.3) is 0 Å². The molecule has 1 fully saturated rings. The van der Waals surface area contributed by atoms with E-state index < -0.39 is 11.6 Å². The van der Waals surface area contributed by atoms with Gasteiger partial charge >= 0.3 is 0 Å². The molecule has 0 aromatic heterocycles. The Morgan fingerprint density at radius 2 is 2.11 bits per heavy atom. The van der Waals surface area contributed by atoms with E-state index in [0.717, 1.165) is 31.7 Å². The first-order valence-electron chi connectivity index (χ1n) is 6.61. The molecule has 0 bridgehead atoms. The van der Waals surface area contributed by atoms with Crippen molar-refractivity contribution in [2.45, 2.75) is 45.1 Å². The predicted octanol–water partition coefficient (Wildman–Crippen LogP) is 3.93. The normalized spacial score (nSPS) is 23.9. The molecule has 2 atom stereocenters. The zero-order valence-electron chi connectivity index (χ0n) is 10.7. The molecule has 1 aromatic carbocycles. The number of halogens is 2. The number of anilines is 2. The van der Waals surface area contributed by atoms with Gasteiger partial charge in [-0.15, -0.1) is 0 Å². The Hall–Kier alpha value is -1.32. The van der Waals surface area contributed by atoms with Crippen molar-refractivity contribution in [2.75, 3.05) is 11.1 Å². The van der Waals surface area contributed by atoms with Crippen LogP contribution in [0.4, 0.5) is 20.2 Å². The summed E-state index contributed by atoms with van der Waals surface area (Å²) < 4.78 is 26.5. The summed E-state index contributed by atoms with van der Waals surface area (Å²) in [6.07, 6.45) is 5.66. The van der Waals surface area contributed by atoms with Gasteiger partial charge in [-0.3, -0.25) is 0 Å². The van der Waals surface area contributed by atoms with Crippen molar-refractivity contribution >= 4 is 11.4 Å². The first-order valence-corrected chi connectivity index (χ1v) is 6.61. The van der Waals surface area contributed by atoms with Crippen LogP contribution in [0.1, 0.15) is 39.0 Å². The third-order valence-corrected chi connectivity index (χ3v) is 3.81. The molecule has 2 rings (SSSR count). The fraction of sp³-hybridized carbons (Fsp3) is 0.571. The lowest BCUT2D eigenvalue weighted by Gasteiger charge is -2.30. The minimum atomic E-state index is -0.694. The molecule has 4 heteroatoms. The van der Waals surface area contributed by atoms with Crippen molar-refractivity contribution < 1.29 is 8.78 Å². The molecule has 3 N–H and O–H groups in total. The van der Waals surface area contributed by atoms with Crippen LogP contribution in [-0.4, -0.2) is 6.04 Å². The number of rotatable bonds is 3. The van der Waals surface area contributed by atoms with Gasteiger partial charge in [0.05, 0.1) is 11.4 Å². The number of hydrogen-bond acceptors (Lipinski definition) is 2. The van der Waals surface area contributed by atoms with Gasteiger partial charge < -0.3 is 11.1 Å². The van der Waals surface area contributed by atoms with Crippen LogP contribution >= 0.6 is 0 Å². The van der Waals surface area contributed by atoms with E-state index in [-0.39, 0.29) is 11.7 Å². The van der Waals surface area contributed by atoms with Crippen LogP contribution in [0.2, 0.25) is 0 Å². The van der Waals surface area contributed by atoms with Crippen LogP contribution in [0.5, 0.6) is 0 Å². The molecular formula is C14H20F2N2. The third kappa shape index (κ3) is 2.92. The number of hydrogen-bond donors (Lipinski definition) is 2. The largest absolute Gasteiger partial charge is 0.395 e. The molecule has 2 unspecified atom stereocenters. The molecule has 0 heterocycles. The molecule has 0 saturated heterocycles. The summed E-state index contributed by atoms with van der Waals surface area (Å²) in [5.74, 6) is -0.580. The number of nitrogens with one attached hydrogen (secondary N) is 1. The number of benzene rings is 1. The molecule has 1 aromatic rings. The van der Waals surface area contributed by atoms with Crippen LogP contribution in [0.3, 0.4) is 0 Å². The lowest BCUT2D eigenvalue weighted by atomic mass is 9.84. The summed E-state index contributed by atoms with van der Waals surface area (Å²) in [6.45, 7) is 2.18. The fourth-order valence-corrected chi connectivity index (χ4v) is 2.72. The van der Waals surface area contributed by atoms with E-state index in [1.807, 2.05) is 0 Å². The molecule has 2 nitrogen and oxygen atoms in total. The maximum Gasteiger partial charge on any atom is 0.151 e. The second-order valence-corrected chi connectivity index (χ2v) is 5.13. The lowest BCUT2D eigenvalue weighted by molar-refractivity contribution is 0.327. The van der Waals surface area contributed by atoms with Crippen molar-refractivity contribution in [3.63, 3.8) is 0 Å². The molecular weight excluding hydrogens is 234 g/mol. The predicted molar refractivity (Wildman–Crippen MR) is 70.4 cm³/mol. The molecule has 0 spiro atoms. The number of nitrogen functional groups attached to an aromatic ring is 1. The first kappa shape index (κ1) is 13.1. The smallest absolute Gasteiger partial charge is 0.151 e. The minimum absolute atomic E-state index is 0.00928. The highest BCUT2D eigenvalue weighted by atomic mass is 19.1. The quantitative estimate of drug-likeness (QED) is 0.802. The van der Waals surface area contributed by atoms with E-state index in [0.29, 0.717) is 11.6 Å². The molecule has 0 radical (unpaired) electrons. The van der Waals surface area contributed by atoms with Gasteiger partial charge in [0.25, 0.3) is 0 Å². The molecule has 1 aliphatic carbocycles. The van der Waals surface area contributed by atoms with Gasteiger partial charge in [-0.1, -0.05) is 26.2 Å². The molecule has 1 aliphatic rings. The summed E-state index contributed by atoms with van der Waals surface area (Å²) in [4.78, 5) is 0. The van der Waals surface area contributed by atoms with E-state index in [1.165, 1.54) is 12.5 Å². The lowest BCUT2D eigenvalue weighted by Crippen LogP contribution is -2.27. The van der Waals surface area contributed by atoms with E-state index in [4.69, 9.17) is 5.73 Å². The van der Waals surface area contributed by atoms with Gasteiger partial charge in [0, 0.05) is 12.1 Å². The van der Waals surface area contributed by atoms with E-state index in [9.17, 15) is 8.78 Å². The van der Waals surface area contributed by atoms with E-state index >= 15 is 0 Å². The standard InChI is InChI=1S/C14H20F2N2/c1-2-9-4-3-5-11(6-9)18-13-8-10(15)7-12(16)14(13)17/h7-9,11,18H,2-6,17H2,1H3. The number of nitrogens with two attached hydrogens (primary N) is 1. The highest BCUT2D eigenvalue weighted by Gasteiger charge is 2.21. The Balaban J connectivity index is 2.09. The molecule has 1 saturated carbocycles. The van der Waals surface area contributed by atoms with E-state index in [1.54, 1.807) is 0 Å². The summed E-state index contributed by atoms with van der Waals surface area (Å²) in [5, 5.41) is 3.19. The Morgan fingerprint density at radius 1 is 1.33 bits per heavy atom. The van der Waals surface area contributed by atoms with E-state index in [2.05, 4.69) is 12.2 Å². The third-order valence-electron chi connectivity index (χ3n) is 3.81. The van der Waals surface area contributed by atoms with Crippen LogP contribution in [0, 0.1) is 17.6 Å². The average Bonchev–Trinajstić information content (AvgIpc) is 2.35. The van der Waals surface area contributed by atoms with Gasteiger partial charge in [0.1, 0.15) is 5.82 Å². The average molecular weight is 254 g/mol. The molecule has 18 heavy (non-hydrogen) atoms. The van der Waals surface area contributed by atoms with Crippen LogP contribution < -0.4 is 11.1 Å². The van der Waals surface area contributed by atoms with Gasteiger partial charge in [0.15, 0.2) is 5.82 Å². The van der Waals surface area contributed by atoms with Crippen molar-refractivity contribution in [3.05, 3.63) is 23.8 Å². The summed E-state index contributed by atoms with van der Waals surface area (Å²) in [6, 6.07) is 2.36. The highest BCUT2D eigenvalue weighted by molar-refractivity contribution is 5.67. The SMILES string of the molecule is CCC1CCCC(Nc2cc(F)cc(F)c2N)C1. The Bertz CT molecular complexity index is 421. The summed E-state index contributed by atoms with van der Waals surface area (Å²) in [7, 11) is 0. The highest BCUT2D eigenvalue weighted by Crippen LogP contribution is 2.31. The van der Waals surface area contributed by atoms with Crippen molar-refractivity contribution in [3.8, 4) is 0 Å². The zero-order valence-corrected chi connectivity index (χ0v) is 10.7. The first-order chi connectivity index (χ1) is 8.60. The molecule has 0 amide bonds. The van der Waals surface area contributed by atoms with Crippen LogP contribution in [-0.2, 0) is 0 Å². The van der Waals surface area contributed by atoms with Gasteiger partial charge in [-0.2, -0.15) is 0 Å². The maximum atomic E-state index is 13.3. The summed E-state index contributed by atoms with van der Waals surface area (Å²) in [5.41, 5.74) is 6.02. The van der Waals surface area contributed by atoms with Gasteiger partial charge in [-0.25, -0.2) is 8.78 Å². The van der Waals surface area contributed by atoms with Gasteiger partial charge in [0.2, 0.25) is 0 Å². The maximum absolute atomic E-state index is 13.3. The Morgan fingerprint density at radius 3 is 2.83 bits per heavy atom. The Labute approximate surface area is 107 Å². The van der Waals surface area contributed by atoms with Crippen molar-refractivity contribution in [1.82, 2.24) is 0 Å².